The normalized spacial score (nSPS) is 19.1. The minimum Gasteiger partial charge on any atom is -0.394 e. The zero-order chi connectivity index (χ0) is 22.3. The first kappa shape index (κ1) is 20.9. The smallest absolute Gasteiger partial charge is 0.254 e. The zero-order valence-electron chi connectivity index (χ0n) is 18.0. The van der Waals surface area contributed by atoms with Crippen molar-refractivity contribution in [1.82, 2.24) is 15.2 Å². The Balaban J connectivity index is 1.24. The molecule has 8 heteroatoms. The Labute approximate surface area is 187 Å². The number of piperazine rings is 1. The Morgan fingerprint density at radius 3 is 2.25 bits per heavy atom. The van der Waals surface area contributed by atoms with Crippen molar-refractivity contribution >= 4 is 17.5 Å². The van der Waals surface area contributed by atoms with E-state index in [2.05, 4.69) is 23.6 Å². The lowest BCUT2D eigenvalue weighted by atomic mass is 10.0. The van der Waals surface area contributed by atoms with Crippen molar-refractivity contribution in [2.45, 2.75) is 25.0 Å². The standard InChI is InChI=1S/C24H28N4O4/c29-14-13-28-21-15-19(5-6-20(21)16-25-28)17-1-3-18(4-2-17)22(30)26-9-11-27(12-10-26)23(31)24(32)7-8-24/h1-6,15,25,29,32H,7-14,16H2. The summed E-state index contributed by atoms with van der Waals surface area (Å²) in [5, 5.41) is 21.2. The molecule has 1 saturated heterocycles. The van der Waals surface area contributed by atoms with Crippen molar-refractivity contribution in [2.75, 3.05) is 44.3 Å². The summed E-state index contributed by atoms with van der Waals surface area (Å²) in [6.45, 7) is 3.22. The highest BCUT2D eigenvalue weighted by molar-refractivity contribution is 5.95. The molecular formula is C24H28N4O4. The molecule has 3 N–H and O–H groups in total. The van der Waals surface area contributed by atoms with Crippen LogP contribution in [0.25, 0.3) is 11.1 Å². The number of hydrazine groups is 1. The average molecular weight is 437 g/mol. The topological polar surface area (TPSA) is 96.4 Å². The van der Waals surface area contributed by atoms with E-state index in [0.29, 0.717) is 51.1 Å². The van der Waals surface area contributed by atoms with Crippen LogP contribution in [-0.2, 0) is 11.3 Å². The molecule has 0 atom stereocenters. The summed E-state index contributed by atoms with van der Waals surface area (Å²) >= 11 is 0. The van der Waals surface area contributed by atoms with Gasteiger partial charge in [0.25, 0.3) is 11.8 Å². The highest BCUT2D eigenvalue weighted by Crippen LogP contribution is 2.37. The third-order valence-corrected chi connectivity index (χ3v) is 6.60. The first-order chi connectivity index (χ1) is 15.5. The van der Waals surface area contributed by atoms with Gasteiger partial charge in [0.1, 0.15) is 5.60 Å². The number of β-amino-alcohol motifs (C(OH)–C–C–N with tert-alkyl or cyclic N) is 1. The lowest BCUT2D eigenvalue weighted by Gasteiger charge is -2.35. The predicted octanol–water partition coefficient (Wildman–Crippen LogP) is 0.980. The SMILES string of the molecule is O=C(c1ccc(-c2ccc3c(c2)N(CCO)NC3)cc1)N1CCN(C(=O)C2(O)CC2)CC1. The zero-order valence-corrected chi connectivity index (χ0v) is 18.0. The Bertz CT molecular complexity index is 1020. The number of fused-ring (bicyclic) bond motifs is 1. The first-order valence-corrected chi connectivity index (χ1v) is 11.1. The van der Waals surface area contributed by atoms with E-state index in [0.717, 1.165) is 23.4 Å². The Kier molecular flexibility index (Phi) is 5.36. The van der Waals surface area contributed by atoms with E-state index >= 15 is 0 Å². The van der Waals surface area contributed by atoms with Crippen LogP contribution < -0.4 is 10.4 Å². The summed E-state index contributed by atoms with van der Waals surface area (Å²) in [4.78, 5) is 28.7. The second kappa shape index (κ2) is 8.20. The number of aliphatic hydroxyl groups excluding tert-OH is 1. The predicted molar refractivity (Wildman–Crippen MR) is 120 cm³/mol. The maximum Gasteiger partial charge on any atom is 0.254 e. The summed E-state index contributed by atoms with van der Waals surface area (Å²) in [5.74, 6) is -0.239. The van der Waals surface area contributed by atoms with Gasteiger partial charge in [-0.05, 0) is 47.7 Å². The molecule has 2 fully saturated rings. The summed E-state index contributed by atoms with van der Waals surface area (Å²) in [7, 11) is 0. The van der Waals surface area contributed by atoms with Crippen LogP contribution in [-0.4, -0.2) is 76.8 Å². The molecule has 8 nitrogen and oxygen atoms in total. The van der Waals surface area contributed by atoms with Crippen molar-refractivity contribution in [3.63, 3.8) is 0 Å². The first-order valence-electron chi connectivity index (χ1n) is 11.1. The van der Waals surface area contributed by atoms with Crippen LogP contribution in [0.15, 0.2) is 42.5 Å². The average Bonchev–Trinajstić information content (AvgIpc) is 3.47. The van der Waals surface area contributed by atoms with E-state index in [9.17, 15) is 19.8 Å². The molecule has 1 aliphatic carbocycles. The number of hydrogen-bond acceptors (Lipinski definition) is 6. The summed E-state index contributed by atoms with van der Waals surface area (Å²) < 4.78 is 0. The molecule has 2 aliphatic heterocycles. The molecule has 2 heterocycles. The number of hydrogen-bond donors (Lipinski definition) is 3. The van der Waals surface area contributed by atoms with Gasteiger partial charge < -0.3 is 25.0 Å². The van der Waals surface area contributed by atoms with Gasteiger partial charge in [0.15, 0.2) is 0 Å². The lowest BCUT2D eigenvalue weighted by molar-refractivity contribution is -0.143. The van der Waals surface area contributed by atoms with Crippen molar-refractivity contribution < 1.29 is 19.8 Å². The van der Waals surface area contributed by atoms with Crippen molar-refractivity contribution in [3.05, 3.63) is 53.6 Å². The molecule has 32 heavy (non-hydrogen) atoms. The van der Waals surface area contributed by atoms with Gasteiger partial charge in [-0.3, -0.25) is 9.59 Å². The molecule has 168 valence electrons. The van der Waals surface area contributed by atoms with Crippen LogP contribution >= 0.6 is 0 Å². The van der Waals surface area contributed by atoms with Gasteiger partial charge in [-0.25, -0.2) is 5.43 Å². The molecule has 2 aromatic rings. The van der Waals surface area contributed by atoms with Gasteiger partial charge in [-0.1, -0.05) is 24.3 Å². The highest BCUT2D eigenvalue weighted by Gasteiger charge is 2.50. The van der Waals surface area contributed by atoms with E-state index in [1.807, 2.05) is 29.3 Å². The monoisotopic (exact) mass is 436 g/mol. The third-order valence-electron chi connectivity index (χ3n) is 6.60. The van der Waals surface area contributed by atoms with Crippen molar-refractivity contribution in [1.29, 1.82) is 0 Å². The van der Waals surface area contributed by atoms with Gasteiger partial charge in [0.05, 0.1) is 18.8 Å². The number of carbonyl (C=O) groups is 2. The number of amides is 2. The molecular weight excluding hydrogens is 408 g/mol. The number of aliphatic hydroxyl groups is 2. The van der Waals surface area contributed by atoms with Crippen LogP contribution in [0.1, 0.15) is 28.8 Å². The van der Waals surface area contributed by atoms with E-state index in [1.165, 1.54) is 5.56 Å². The largest absolute Gasteiger partial charge is 0.394 e. The minimum atomic E-state index is -1.15. The number of benzene rings is 2. The fourth-order valence-corrected chi connectivity index (χ4v) is 4.44. The molecule has 2 aromatic carbocycles. The number of anilines is 1. The fourth-order valence-electron chi connectivity index (χ4n) is 4.44. The maximum absolute atomic E-state index is 12.9. The summed E-state index contributed by atoms with van der Waals surface area (Å²) in [6.07, 6.45) is 1.08. The number of rotatable bonds is 5. The van der Waals surface area contributed by atoms with Gasteiger partial charge in [-0.2, -0.15) is 0 Å². The third kappa shape index (κ3) is 3.85. The second-order valence-corrected chi connectivity index (χ2v) is 8.75. The molecule has 3 aliphatic rings. The van der Waals surface area contributed by atoms with Crippen LogP contribution in [0.5, 0.6) is 0 Å². The molecule has 1 saturated carbocycles. The van der Waals surface area contributed by atoms with Gasteiger partial charge >= 0.3 is 0 Å². The Morgan fingerprint density at radius 2 is 1.59 bits per heavy atom. The molecule has 0 aromatic heterocycles. The molecule has 0 radical (unpaired) electrons. The van der Waals surface area contributed by atoms with Crippen LogP contribution in [0.3, 0.4) is 0 Å². The second-order valence-electron chi connectivity index (χ2n) is 8.75. The number of nitrogens with one attached hydrogen (secondary N) is 1. The van der Waals surface area contributed by atoms with Crippen molar-refractivity contribution in [3.8, 4) is 11.1 Å². The number of nitrogens with zero attached hydrogens (tertiary/aromatic N) is 3. The van der Waals surface area contributed by atoms with Gasteiger partial charge in [-0.15, -0.1) is 0 Å². The van der Waals surface area contributed by atoms with E-state index in [-0.39, 0.29) is 18.4 Å². The molecule has 0 spiro atoms. The van der Waals surface area contributed by atoms with Gasteiger partial charge in [0.2, 0.25) is 0 Å². The van der Waals surface area contributed by atoms with E-state index in [4.69, 9.17) is 0 Å². The van der Waals surface area contributed by atoms with Crippen LogP contribution in [0, 0.1) is 0 Å². The Morgan fingerprint density at radius 1 is 0.938 bits per heavy atom. The summed E-state index contributed by atoms with van der Waals surface area (Å²) in [6, 6.07) is 13.9. The van der Waals surface area contributed by atoms with Gasteiger partial charge in [0, 0.05) is 38.3 Å². The lowest BCUT2D eigenvalue weighted by Crippen LogP contribution is -2.53. The quantitative estimate of drug-likeness (QED) is 0.647. The van der Waals surface area contributed by atoms with E-state index in [1.54, 1.807) is 9.80 Å². The minimum absolute atomic E-state index is 0.0407. The van der Waals surface area contributed by atoms with Crippen molar-refractivity contribution in [2.24, 2.45) is 0 Å². The summed E-state index contributed by atoms with van der Waals surface area (Å²) in [5.41, 5.74) is 7.09. The maximum atomic E-state index is 12.9. The van der Waals surface area contributed by atoms with E-state index < -0.39 is 5.60 Å². The molecule has 0 unspecified atom stereocenters. The van der Waals surface area contributed by atoms with Crippen LogP contribution in [0.2, 0.25) is 0 Å². The molecule has 5 rings (SSSR count). The fraction of sp³-hybridized carbons (Fsp3) is 0.417. The van der Waals surface area contributed by atoms with Crippen LogP contribution in [0.4, 0.5) is 5.69 Å². The molecule has 2 amide bonds. The number of carbonyl (C=O) groups excluding carboxylic acids is 2. The Hall–Kier alpha value is -2.94. The molecule has 0 bridgehead atoms. The highest BCUT2D eigenvalue weighted by atomic mass is 16.3.